The van der Waals surface area contributed by atoms with E-state index in [1.54, 1.807) is 0 Å². The zero-order valence-corrected chi connectivity index (χ0v) is 15.0. The predicted molar refractivity (Wildman–Crippen MR) is 93.4 cm³/mol. The van der Waals surface area contributed by atoms with Gasteiger partial charge in [-0.1, -0.05) is 25.7 Å². The van der Waals surface area contributed by atoms with Crippen molar-refractivity contribution >= 4 is 0 Å². The lowest BCUT2D eigenvalue weighted by Gasteiger charge is -2.50. The Labute approximate surface area is 145 Å². The molecule has 2 aliphatic heterocycles. The molecule has 140 valence electrons. The number of piperazine rings is 1. The van der Waals surface area contributed by atoms with Crippen molar-refractivity contribution in [1.82, 2.24) is 14.7 Å². The van der Waals surface area contributed by atoms with Crippen LogP contribution in [0.25, 0.3) is 0 Å². The number of nitrogens with zero attached hydrogens (tertiary/aromatic N) is 3. The quantitative estimate of drug-likeness (QED) is 0.793. The zero-order valence-electron chi connectivity index (χ0n) is 15.0. The van der Waals surface area contributed by atoms with E-state index in [-0.39, 0.29) is 12.1 Å². The van der Waals surface area contributed by atoms with Gasteiger partial charge in [0.05, 0.1) is 0 Å². The standard InChI is InChI=1S/C18H34F2N4/c1-22-8-10-23(11-9-22)17-15(18(19)20)12-24(13-16(17)21)14-6-4-2-3-5-7-14/h14-18H,2-13,21H2,1H3. The van der Waals surface area contributed by atoms with Crippen LogP contribution in [0.1, 0.15) is 38.5 Å². The van der Waals surface area contributed by atoms with Gasteiger partial charge < -0.3 is 10.6 Å². The molecule has 0 aromatic heterocycles. The number of piperidine rings is 1. The minimum absolute atomic E-state index is 0.163. The number of likely N-dealkylation sites (N-methyl/N-ethyl adjacent to an activating group) is 1. The molecule has 6 heteroatoms. The van der Waals surface area contributed by atoms with Gasteiger partial charge in [0, 0.05) is 63.3 Å². The third-order valence-electron chi connectivity index (χ3n) is 6.39. The number of likely N-dealkylation sites (tertiary alicyclic amines) is 1. The highest BCUT2D eigenvalue weighted by molar-refractivity contribution is 4.99. The summed E-state index contributed by atoms with van der Waals surface area (Å²) in [6.45, 7) is 4.93. The van der Waals surface area contributed by atoms with E-state index in [9.17, 15) is 8.78 Å². The van der Waals surface area contributed by atoms with Crippen molar-refractivity contribution in [2.45, 2.75) is 63.1 Å². The van der Waals surface area contributed by atoms with Gasteiger partial charge in [-0.05, 0) is 19.9 Å². The van der Waals surface area contributed by atoms with E-state index in [1.165, 1.54) is 25.7 Å². The van der Waals surface area contributed by atoms with Crippen LogP contribution in [0, 0.1) is 5.92 Å². The fourth-order valence-electron chi connectivity index (χ4n) is 4.96. The smallest absolute Gasteiger partial charge is 0.244 e. The summed E-state index contributed by atoms with van der Waals surface area (Å²) in [5.41, 5.74) is 6.48. The molecule has 0 radical (unpaired) electrons. The molecule has 3 aliphatic rings. The largest absolute Gasteiger partial charge is 0.325 e. The Morgan fingerprint density at radius 3 is 2.08 bits per heavy atom. The van der Waals surface area contributed by atoms with Crippen molar-refractivity contribution in [2.24, 2.45) is 11.7 Å². The van der Waals surface area contributed by atoms with Gasteiger partial charge in [-0.25, -0.2) is 8.78 Å². The Kier molecular flexibility index (Phi) is 6.46. The lowest BCUT2D eigenvalue weighted by Crippen LogP contribution is -2.67. The van der Waals surface area contributed by atoms with Gasteiger partial charge in [0.25, 0.3) is 0 Å². The molecule has 2 saturated heterocycles. The predicted octanol–water partition coefficient (Wildman–Crippen LogP) is 1.85. The molecular weight excluding hydrogens is 310 g/mol. The van der Waals surface area contributed by atoms with Crippen LogP contribution >= 0.6 is 0 Å². The summed E-state index contributed by atoms with van der Waals surface area (Å²) in [5, 5.41) is 0. The molecule has 4 nitrogen and oxygen atoms in total. The van der Waals surface area contributed by atoms with Crippen molar-refractivity contribution in [2.75, 3.05) is 46.3 Å². The Morgan fingerprint density at radius 2 is 1.50 bits per heavy atom. The minimum atomic E-state index is -2.28. The van der Waals surface area contributed by atoms with Crippen LogP contribution in [0.4, 0.5) is 8.78 Å². The van der Waals surface area contributed by atoms with Crippen molar-refractivity contribution in [1.29, 1.82) is 0 Å². The number of halogens is 2. The van der Waals surface area contributed by atoms with E-state index >= 15 is 0 Å². The Bertz CT molecular complexity index is 379. The number of nitrogens with two attached hydrogens (primary N) is 1. The second kappa shape index (κ2) is 8.39. The summed E-state index contributed by atoms with van der Waals surface area (Å²) in [6.07, 6.45) is 5.07. The molecule has 2 heterocycles. The molecule has 1 saturated carbocycles. The van der Waals surface area contributed by atoms with Crippen molar-refractivity contribution < 1.29 is 8.78 Å². The van der Waals surface area contributed by atoms with Crippen LogP contribution in [0.2, 0.25) is 0 Å². The molecule has 0 aromatic rings. The molecule has 3 unspecified atom stereocenters. The fourth-order valence-corrected chi connectivity index (χ4v) is 4.96. The van der Waals surface area contributed by atoms with Crippen LogP contribution in [-0.4, -0.2) is 85.6 Å². The first-order valence-corrected chi connectivity index (χ1v) is 9.76. The molecule has 3 rings (SSSR count). The SMILES string of the molecule is CN1CCN(C2C(N)CN(C3CCCCCC3)CC2C(F)F)CC1. The third kappa shape index (κ3) is 4.26. The zero-order chi connectivity index (χ0) is 17.1. The average molecular weight is 344 g/mol. The summed E-state index contributed by atoms with van der Waals surface area (Å²) in [7, 11) is 2.09. The molecular formula is C18H34F2N4. The Morgan fingerprint density at radius 1 is 0.875 bits per heavy atom. The lowest BCUT2D eigenvalue weighted by atomic mass is 9.85. The van der Waals surface area contributed by atoms with E-state index in [4.69, 9.17) is 5.73 Å². The van der Waals surface area contributed by atoms with Crippen LogP contribution in [0.5, 0.6) is 0 Å². The first kappa shape index (κ1) is 18.5. The van der Waals surface area contributed by atoms with E-state index in [1.807, 2.05) is 0 Å². The van der Waals surface area contributed by atoms with Crippen LogP contribution < -0.4 is 5.73 Å². The van der Waals surface area contributed by atoms with E-state index < -0.39 is 12.3 Å². The molecule has 3 atom stereocenters. The topological polar surface area (TPSA) is 35.7 Å². The molecule has 0 bridgehead atoms. The van der Waals surface area contributed by atoms with Gasteiger partial charge in [0.15, 0.2) is 0 Å². The van der Waals surface area contributed by atoms with Crippen molar-refractivity contribution in [3.8, 4) is 0 Å². The number of hydrogen-bond acceptors (Lipinski definition) is 4. The normalized spacial score (nSPS) is 36.1. The number of rotatable bonds is 3. The van der Waals surface area contributed by atoms with Gasteiger partial charge in [-0.3, -0.25) is 9.80 Å². The lowest BCUT2D eigenvalue weighted by molar-refractivity contribution is -0.0614. The molecule has 3 fully saturated rings. The van der Waals surface area contributed by atoms with Gasteiger partial charge in [-0.2, -0.15) is 0 Å². The summed E-state index contributed by atoms with van der Waals surface area (Å²) >= 11 is 0. The second-order valence-corrected chi connectivity index (χ2v) is 8.09. The number of alkyl halides is 2. The molecule has 0 spiro atoms. The Balaban J connectivity index is 1.68. The molecule has 2 N–H and O–H groups in total. The molecule has 0 amide bonds. The summed E-state index contributed by atoms with van der Waals surface area (Å²) in [6, 6.07) is 0.137. The average Bonchev–Trinajstić information content (AvgIpc) is 2.84. The molecule has 0 aromatic carbocycles. The highest BCUT2D eigenvalue weighted by Gasteiger charge is 2.44. The second-order valence-electron chi connectivity index (χ2n) is 8.09. The molecule has 1 aliphatic carbocycles. The third-order valence-corrected chi connectivity index (χ3v) is 6.39. The minimum Gasteiger partial charge on any atom is -0.325 e. The van der Waals surface area contributed by atoms with Crippen molar-refractivity contribution in [3.05, 3.63) is 0 Å². The summed E-state index contributed by atoms with van der Waals surface area (Å²) in [5.74, 6) is -0.611. The first-order valence-electron chi connectivity index (χ1n) is 9.76. The maximum absolute atomic E-state index is 13.9. The summed E-state index contributed by atoms with van der Waals surface area (Å²) < 4.78 is 27.8. The fraction of sp³-hybridized carbons (Fsp3) is 1.00. The van der Waals surface area contributed by atoms with Crippen LogP contribution in [-0.2, 0) is 0 Å². The van der Waals surface area contributed by atoms with Gasteiger partial charge in [0.2, 0.25) is 6.43 Å². The highest BCUT2D eigenvalue weighted by atomic mass is 19.3. The number of hydrogen-bond donors (Lipinski definition) is 1. The first-order chi connectivity index (χ1) is 11.6. The van der Waals surface area contributed by atoms with E-state index in [2.05, 4.69) is 21.7 Å². The van der Waals surface area contributed by atoms with Gasteiger partial charge in [0.1, 0.15) is 0 Å². The van der Waals surface area contributed by atoms with Gasteiger partial charge in [-0.15, -0.1) is 0 Å². The maximum atomic E-state index is 13.9. The molecule has 24 heavy (non-hydrogen) atoms. The monoisotopic (exact) mass is 344 g/mol. The van der Waals surface area contributed by atoms with Gasteiger partial charge >= 0.3 is 0 Å². The Hall–Kier alpha value is -0.300. The highest BCUT2D eigenvalue weighted by Crippen LogP contribution is 2.31. The van der Waals surface area contributed by atoms with E-state index in [0.717, 1.165) is 45.6 Å². The van der Waals surface area contributed by atoms with E-state index in [0.29, 0.717) is 12.6 Å². The summed E-state index contributed by atoms with van der Waals surface area (Å²) in [4.78, 5) is 6.81. The van der Waals surface area contributed by atoms with Crippen molar-refractivity contribution in [3.63, 3.8) is 0 Å². The van der Waals surface area contributed by atoms with Crippen LogP contribution in [0.3, 0.4) is 0 Å². The maximum Gasteiger partial charge on any atom is 0.244 e. The van der Waals surface area contributed by atoms with Crippen LogP contribution in [0.15, 0.2) is 0 Å².